The second kappa shape index (κ2) is 4.50. The Morgan fingerprint density at radius 2 is 1.64 bits per heavy atom. The third kappa shape index (κ3) is 2.09. The summed E-state index contributed by atoms with van der Waals surface area (Å²) < 4.78 is 0. The Morgan fingerprint density at radius 3 is 2.21 bits per heavy atom. The first kappa shape index (κ1) is 11.1. The van der Waals surface area contributed by atoms with Crippen molar-refractivity contribution in [2.45, 2.75) is 41.0 Å². The molecule has 0 spiro atoms. The molecule has 0 bridgehead atoms. The van der Waals surface area contributed by atoms with Crippen molar-refractivity contribution < 1.29 is 0 Å². The minimum atomic E-state index is 1.06. The van der Waals surface area contributed by atoms with Gasteiger partial charge < -0.3 is 5.32 Å². The smallest absolute Gasteiger partial charge is 0.0402 e. The molecule has 1 nitrogen and oxygen atoms in total. The van der Waals surface area contributed by atoms with Crippen LogP contribution in [0.4, 0.5) is 5.69 Å². The number of nitrogens with one attached hydrogen (secondary N) is 1. The molecule has 0 aliphatic heterocycles. The van der Waals surface area contributed by atoms with Crippen LogP contribution in [0, 0.1) is 27.7 Å². The fourth-order valence-electron chi connectivity index (χ4n) is 1.81. The van der Waals surface area contributed by atoms with E-state index in [0.29, 0.717) is 0 Å². The highest BCUT2D eigenvalue weighted by atomic mass is 14.9. The van der Waals surface area contributed by atoms with Gasteiger partial charge in [0.1, 0.15) is 0 Å². The van der Waals surface area contributed by atoms with Crippen LogP contribution in [0.3, 0.4) is 0 Å². The zero-order valence-electron chi connectivity index (χ0n) is 9.99. The van der Waals surface area contributed by atoms with Gasteiger partial charge in [-0.15, -0.1) is 0 Å². The molecular weight excluding hydrogens is 170 g/mol. The topological polar surface area (TPSA) is 12.0 Å². The van der Waals surface area contributed by atoms with Gasteiger partial charge in [-0.05, 0) is 56.4 Å². The Hall–Kier alpha value is -0.980. The van der Waals surface area contributed by atoms with Gasteiger partial charge in [0.05, 0.1) is 0 Å². The maximum atomic E-state index is 3.50. The van der Waals surface area contributed by atoms with Crippen molar-refractivity contribution in [2.75, 3.05) is 11.9 Å². The summed E-state index contributed by atoms with van der Waals surface area (Å²) in [6, 6.07) is 2.26. The van der Waals surface area contributed by atoms with E-state index in [-0.39, 0.29) is 0 Å². The summed E-state index contributed by atoms with van der Waals surface area (Å²) >= 11 is 0. The van der Waals surface area contributed by atoms with Crippen LogP contribution in [0.5, 0.6) is 0 Å². The maximum Gasteiger partial charge on any atom is 0.0402 e. The predicted molar refractivity (Wildman–Crippen MR) is 64.2 cm³/mol. The summed E-state index contributed by atoms with van der Waals surface area (Å²) in [5.74, 6) is 0. The van der Waals surface area contributed by atoms with Gasteiger partial charge in [-0.1, -0.05) is 13.0 Å². The van der Waals surface area contributed by atoms with E-state index in [1.54, 1.807) is 0 Å². The van der Waals surface area contributed by atoms with Crippen LogP contribution in [0.25, 0.3) is 0 Å². The molecule has 0 aliphatic rings. The number of aryl methyl sites for hydroxylation is 2. The second-order valence-electron chi connectivity index (χ2n) is 4.06. The van der Waals surface area contributed by atoms with Crippen molar-refractivity contribution in [3.63, 3.8) is 0 Å². The van der Waals surface area contributed by atoms with E-state index in [0.717, 1.165) is 6.54 Å². The first-order valence-corrected chi connectivity index (χ1v) is 5.39. The Labute approximate surface area is 87.5 Å². The summed E-state index contributed by atoms with van der Waals surface area (Å²) in [6.45, 7) is 12.0. The molecule has 0 amide bonds. The lowest BCUT2D eigenvalue weighted by atomic mass is 9.98. The minimum Gasteiger partial charge on any atom is -0.385 e. The van der Waals surface area contributed by atoms with E-state index in [1.165, 1.54) is 34.4 Å². The van der Waals surface area contributed by atoms with Crippen LogP contribution in [0.1, 0.15) is 35.6 Å². The van der Waals surface area contributed by atoms with Gasteiger partial charge in [-0.3, -0.25) is 0 Å². The third-order valence-electron chi connectivity index (χ3n) is 2.91. The Morgan fingerprint density at radius 1 is 1.00 bits per heavy atom. The van der Waals surface area contributed by atoms with Gasteiger partial charge in [-0.25, -0.2) is 0 Å². The molecule has 78 valence electrons. The van der Waals surface area contributed by atoms with Crippen LogP contribution in [-0.2, 0) is 0 Å². The Bertz CT molecular complexity index is 326. The zero-order chi connectivity index (χ0) is 10.7. The predicted octanol–water partition coefficient (Wildman–Crippen LogP) is 3.74. The fraction of sp³-hybridized carbons (Fsp3) is 0.538. The van der Waals surface area contributed by atoms with Gasteiger partial charge in [0.2, 0.25) is 0 Å². The molecule has 0 unspecified atom stereocenters. The summed E-state index contributed by atoms with van der Waals surface area (Å²) in [6.07, 6.45) is 1.17. The summed E-state index contributed by atoms with van der Waals surface area (Å²) in [5, 5.41) is 3.50. The summed E-state index contributed by atoms with van der Waals surface area (Å²) in [7, 11) is 0. The molecule has 0 fully saturated rings. The van der Waals surface area contributed by atoms with E-state index >= 15 is 0 Å². The van der Waals surface area contributed by atoms with E-state index in [2.05, 4.69) is 46.0 Å². The Balaban J connectivity index is 3.09. The summed E-state index contributed by atoms with van der Waals surface area (Å²) in [4.78, 5) is 0. The van der Waals surface area contributed by atoms with Crippen molar-refractivity contribution in [3.05, 3.63) is 28.3 Å². The molecule has 1 aromatic carbocycles. The molecular formula is C13H21N. The normalized spacial score (nSPS) is 10.4. The number of hydrogen-bond donors (Lipinski definition) is 1. The standard InChI is InChI=1S/C13H21N/c1-6-7-14-13-10(3)8-9(2)11(4)12(13)5/h8,14H,6-7H2,1-5H3. The molecule has 1 rings (SSSR count). The van der Waals surface area contributed by atoms with Crippen molar-refractivity contribution in [2.24, 2.45) is 0 Å². The molecule has 0 saturated heterocycles. The third-order valence-corrected chi connectivity index (χ3v) is 2.91. The number of benzene rings is 1. The van der Waals surface area contributed by atoms with Crippen molar-refractivity contribution in [1.29, 1.82) is 0 Å². The highest BCUT2D eigenvalue weighted by Crippen LogP contribution is 2.25. The van der Waals surface area contributed by atoms with Crippen molar-refractivity contribution in [1.82, 2.24) is 0 Å². The van der Waals surface area contributed by atoms with Crippen molar-refractivity contribution >= 4 is 5.69 Å². The average Bonchev–Trinajstić information content (AvgIpc) is 2.14. The molecule has 0 atom stereocenters. The molecule has 0 radical (unpaired) electrons. The number of anilines is 1. The van der Waals surface area contributed by atoms with Crippen LogP contribution in [-0.4, -0.2) is 6.54 Å². The monoisotopic (exact) mass is 191 g/mol. The molecule has 0 saturated carbocycles. The quantitative estimate of drug-likeness (QED) is 0.767. The van der Waals surface area contributed by atoms with Gasteiger partial charge in [0, 0.05) is 12.2 Å². The van der Waals surface area contributed by atoms with E-state index in [9.17, 15) is 0 Å². The maximum absolute atomic E-state index is 3.50. The van der Waals surface area contributed by atoms with E-state index in [4.69, 9.17) is 0 Å². The molecule has 1 N–H and O–H groups in total. The minimum absolute atomic E-state index is 1.06. The highest BCUT2D eigenvalue weighted by molar-refractivity contribution is 5.61. The largest absolute Gasteiger partial charge is 0.385 e. The molecule has 1 aromatic rings. The lowest BCUT2D eigenvalue weighted by Gasteiger charge is -2.16. The van der Waals surface area contributed by atoms with Crippen LogP contribution in [0.2, 0.25) is 0 Å². The van der Waals surface area contributed by atoms with Crippen LogP contribution >= 0.6 is 0 Å². The number of hydrogen-bond acceptors (Lipinski definition) is 1. The van der Waals surface area contributed by atoms with E-state index in [1.807, 2.05) is 0 Å². The van der Waals surface area contributed by atoms with Crippen LogP contribution < -0.4 is 5.32 Å². The molecule has 0 aliphatic carbocycles. The van der Waals surface area contributed by atoms with Gasteiger partial charge in [0.25, 0.3) is 0 Å². The SMILES string of the molecule is CCCNc1c(C)cc(C)c(C)c1C. The molecule has 0 heterocycles. The Kier molecular flexibility index (Phi) is 3.56. The number of rotatable bonds is 3. The molecule has 1 heteroatoms. The van der Waals surface area contributed by atoms with Crippen molar-refractivity contribution in [3.8, 4) is 0 Å². The first-order chi connectivity index (χ1) is 6.57. The average molecular weight is 191 g/mol. The fourth-order valence-corrected chi connectivity index (χ4v) is 1.81. The van der Waals surface area contributed by atoms with E-state index < -0.39 is 0 Å². The highest BCUT2D eigenvalue weighted by Gasteiger charge is 2.06. The molecule has 14 heavy (non-hydrogen) atoms. The lowest BCUT2D eigenvalue weighted by Crippen LogP contribution is -2.05. The second-order valence-corrected chi connectivity index (χ2v) is 4.06. The zero-order valence-corrected chi connectivity index (χ0v) is 9.99. The van der Waals surface area contributed by atoms with Gasteiger partial charge in [0.15, 0.2) is 0 Å². The molecule has 0 aromatic heterocycles. The first-order valence-electron chi connectivity index (χ1n) is 5.39. The van der Waals surface area contributed by atoms with Gasteiger partial charge >= 0.3 is 0 Å². The summed E-state index contributed by atoms with van der Waals surface area (Å²) in [5.41, 5.74) is 6.89. The lowest BCUT2D eigenvalue weighted by molar-refractivity contribution is 0.973. The van der Waals surface area contributed by atoms with Gasteiger partial charge in [-0.2, -0.15) is 0 Å². The van der Waals surface area contributed by atoms with Crippen LogP contribution in [0.15, 0.2) is 6.07 Å².